The minimum absolute atomic E-state index is 0.0635. The van der Waals surface area contributed by atoms with Crippen LogP contribution in [0.4, 0.5) is 10.5 Å². The van der Waals surface area contributed by atoms with Crippen LogP contribution in [0.25, 0.3) is 10.2 Å². The smallest absolute Gasteiger partial charge is 0.319 e. The molecule has 1 atom stereocenters. The minimum Gasteiger partial charge on any atom is -0.334 e. The zero-order valence-electron chi connectivity index (χ0n) is 13.9. The van der Waals surface area contributed by atoms with E-state index in [1.54, 1.807) is 22.3 Å². The largest absolute Gasteiger partial charge is 0.334 e. The van der Waals surface area contributed by atoms with Crippen molar-refractivity contribution in [1.29, 1.82) is 0 Å². The highest BCUT2D eigenvalue weighted by molar-refractivity contribution is 7.18. The number of hydrogen-bond acceptors (Lipinski definition) is 5. The number of fused-ring (bicyclic) bond motifs is 1. The molecule has 0 bridgehead atoms. The molecule has 0 radical (unpaired) electrons. The van der Waals surface area contributed by atoms with E-state index in [1.165, 1.54) is 6.33 Å². The van der Waals surface area contributed by atoms with Gasteiger partial charge >= 0.3 is 6.03 Å². The molecule has 1 aromatic carbocycles. The fourth-order valence-corrected chi connectivity index (χ4v) is 3.32. The van der Waals surface area contributed by atoms with Crippen molar-refractivity contribution < 1.29 is 4.79 Å². The summed E-state index contributed by atoms with van der Waals surface area (Å²) in [5.41, 5.74) is 1.72. The van der Waals surface area contributed by atoms with Crippen LogP contribution in [0.5, 0.6) is 0 Å². The number of amides is 2. The number of carbonyl (C=O) groups excluding carboxylic acids is 1. The summed E-state index contributed by atoms with van der Waals surface area (Å²) in [6.45, 7) is 6.74. The number of urea groups is 1. The quantitative estimate of drug-likeness (QED) is 0.744. The first kappa shape index (κ1) is 16.4. The van der Waals surface area contributed by atoms with Gasteiger partial charge in [-0.15, -0.1) is 11.3 Å². The predicted octanol–water partition coefficient (Wildman–Crippen LogP) is 3.22. The maximum Gasteiger partial charge on any atom is 0.319 e. The Morgan fingerprint density at radius 1 is 1.33 bits per heavy atom. The fourth-order valence-electron chi connectivity index (χ4n) is 2.31. The third-order valence-corrected chi connectivity index (χ3v) is 4.78. The van der Waals surface area contributed by atoms with E-state index in [0.717, 1.165) is 20.9 Å². The van der Waals surface area contributed by atoms with Crippen molar-refractivity contribution in [2.75, 3.05) is 5.32 Å². The standard InChI is InChI=1S/C16H20N6OS/c1-10(2)15-21-13-5-4-12(6-14(13)24-15)20-16(23)19-11(3)7-22-9-17-8-18-22/h4-6,8-11H,7H2,1-3H3,(H2,19,20,23). The molecular weight excluding hydrogens is 324 g/mol. The first-order chi connectivity index (χ1) is 11.5. The van der Waals surface area contributed by atoms with Crippen LogP contribution in [-0.2, 0) is 6.54 Å². The second-order valence-corrected chi connectivity index (χ2v) is 7.07. The molecule has 1 unspecified atom stereocenters. The molecule has 8 heteroatoms. The monoisotopic (exact) mass is 344 g/mol. The summed E-state index contributed by atoms with van der Waals surface area (Å²) in [5.74, 6) is 0.403. The third-order valence-electron chi connectivity index (χ3n) is 3.46. The molecule has 7 nitrogen and oxygen atoms in total. The Bertz CT molecular complexity index is 826. The van der Waals surface area contributed by atoms with Gasteiger partial charge in [0.1, 0.15) is 12.7 Å². The lowest BCUT2D eigenvalue weighted by Crippen LogP contribution is -2.38. The molecule has 0 aliphatic heterocycles. The Balaban J connectivity index is 1.62. The average molecular weight is 344 g/mol. The third kappa shape index (κ3) is 3.88. The lowest BCUT2D eigenvalue weighted by Gasteiger charge is -2.14. The van der Waals surface area contributed by atoms with Gasteiger partial charge in [-0.3, -0.25) is 4.68 Å². The molecule has 0 fully saturated rings. The summed E-state index contributed by atoms with van der Waals surface area (Å²) in [4.78, 5) is 20.6. The molecule has 2 amide bonds. The zero-order chi connectivity index (χ0) is 17.1. The van der Waals surface area contributed by atoms with Gasteiger partial charge in [-0.05, 0) is 25.1 Å². The Kier molecular flexibility index (Phi) is 4.75. The van der Waals surface area contributed by atoms with Gasteiger partial charge in [0.05, 0.1) is 21.8 Å². The van der Waals surface area contributed by atoms with E-state index in [4.69, 9.17) is 0 Å². The van der Waals surface area contributed by atoms with E-state index in [1.807, 2.05) is 25.1 Å². The maximum atomic E-state index is 12.1. The van der Waals surface area contributed by atoms with Gasteiger partial charge in [0.15, 0.2) is 0 Å². The first-order valence-corrected chi connectivity index (χ1v) is 8.63. The molecular formula is C16H20N6OS. The summed E-state index contributed by atoms with van der Waals surface area (Å²) < 4.78 is 2.76. The highest BCUT2D eigenvalue weighted by Crippen LogP contribution is 2.29. The number of aromatic nitrogens is 4. The van der Waals surface area contributed by atoms with Crippen LogP contribution < -0.4 is 10.6 Å². The minimum atomic E-state index is -0.240. The summed E-state index contributed by atoms with van der Waals surface area (Å²) in [7, 11) is 0. The maximum absolute atomic E-state index is 12.1. The number of thiazole rings is 1. The molecule has 24 heavy (non-hydrogen) atoms. The Hall–Kier alpha value is -2.48. The molecule has 3 aromatic rings. The van der Waals surface area contributed by atoms with Gasteiger partial charge in [0.2, 0.25) is 0 Å². The number of nitrogens with zero attached hydrogens (tertiary/aromatic N) is 4. The van der Waals surface area contributed by atoms with Crippen LogP contribution in [0, 0.1) is 0 Å². The van der Waals surface area contributed by atoms with Gasteiger partial charge in [0.25, 0.3) is 0 Å². The van der Waals surface area contributed by atoms with Gasteiger partial charge in [-0.25, -0.2) is 14.8 Å². The van der Waals surface area contributed by atoms with E-state index < -0.39 is 0 Å². The number of carbonyl (C=O) groups is 1. The van der Waals surface area contributed by atoms with Crippen LogP contribution in [0.1, 0.15) is 31.7 Å². The van der Waals surface area contributed by atoms with Crippen molar-refractivity contribution in [3.63, 3.8) is 0 Å². The van der Waals surface area contributed by atoms with Gasteiger partial charge in [0, 0.05) is 17.6 Å². The Labute approximate surface area is 144 Å². The summed E-state index contributed by atoms with van der Waals surface area (Å²) in [6.07, 6.45) is 3.10. The number of nitrogens with one attached hydrogen (secondary N) is 2. The molecule has 2 N–H and O–H groups in total. The van der Waals surface area contributed by atoms with E-state index >= 15 is 0 Å². The molecule has 2 heterocycles. The summed E-state index contributed by atoms with van der Waals surface area (Å²) in [5, 5.41) is 10.9. The van der Waals surface area contributed by atoms with Crippen molar-refractivity contribution in [1.82, 2.24) is 25.1 Å². The fraction of sp³-hybridized carbons (Fsp3) is 0.375. The topological polar surface area (TPSA) is 84.7 Å². The first-order valence-electron chi connectivity index (χ1n) is 7.81. The molecule has 126 valence electrons. The van der Waals surface area contributed by atoms with Crippen LogP contribution >= 0.6 is 11.3 Å². The zero-order valence-corrected chi connectivity index (χ0v) is 14.7. The molecule has 0 spiro atoms. The molecule has 3 rings (SSSR count). The molecule has 2 aromatic heterocycles. The lowest BCUT2D eigenvalue weighted by molar-refractivity contribution is 0.247. The summed E-state index contributed by atoms with van der Waals surface area (Å²) in [6, 6.07) is 5.46. The van der Waals surface area contributed by atoms with E-state index in [0.29, 0.717) is 12.5 Å². The van der Waals surface area contributed by atoms with Crippen molar-refractivity contribution in [2.24, 2.45) is 0 Å². The SMILES string of the molecule is CC(Cn1cncn1)NC(=O)Nc1ccc2nc(C(C)C)sc2c1. The van der Waals surface area contributed by atoms with Crippen LogP contribution in [0.15, 0.2) is 30.9 Å². The van der Waals surface area contributed by atoms with Crippen molar-refractivity contribution in [2.45, 2.75) is 39.3 Å². The van der Waals surface area contributed by atoms with Crippen molar-refractivity contribution >= 4 is 33.3 Å². The van der Waals surface area contributed by atoms with Crippen LogP contribution in [0.3, 0.4) is 0 Å². The number of hydrogen-bond donors (Lipinski definition) is 2. The number of rotatable bonds is 5. The number of anilines is 1. The average Bonchev–Trinajstić information content (AvgIpc) is 3.15. The van der Waals surface area contributed by atoms with E-state index in [-0.39, 0.29) is 12.1 Å². The molecule has 0 saturated carbocycles. The second-order valence-electron chi connectivity index (χ2n) is 6.01. The molecule has 0 aliphatic carbocycles. The molecule has 0 aliphatic rings. The van der Waals surface area contributed by atoms with Gasteiger partial charge in [-0.2, -0.15) is 5.10 Å². The summed E-state index contributed by atoms with van der Waals surface area (Å²) >= 11 is 1.66. The van der Waals surface area contributed by atoms with Gasteiger partial charge < -0.3 is 10.6 Å². The van der Waals surface area contributed by atoms with E-state index in [9.17, 15) is 4.79 Å². The molecule has 0 saturated heterocycles. The highest BCUT2D eigenvalue weighted by Gasteiger charge is 2.11. The Morgan fingerprint density at radius 3 is 2.88 bits per heavy atom. The van der Waals surface area contributed by atoms with Crippen molar-refractivity contribution in [3.05, 3.63) is 35.9 Å². The second kappa shape index (κ2) is 6.96. The van der Waals surface area contributed by atoms with Crippen LogP contribution in [0.2, 0.25) is 0 Å². The van der Waals surface area contributed by atoms with Gasteiger partial charge in [-0.1, -0.05) is 13.8 Å². The highest BCUT2D eigenvalue weighted by atomic mass is 32.1. The van der Waals surface area contributed by atoms with E-state index in [2.05, 4.69) is 39.5 Å². The van der Waals surface area contributed by atoms with Crippen LogP contribution in [-0.4, -0.2) is 31.8 Å². The number of benzene rings is 1. The Morgan fingerprint density at radius 2 is 2.17 bits per heavy atom. The van der Waals surface area contributed by atoms with Crippen molar-refractivity contribution in [3.8, 4) is 0 Å². The normalized spacial score (nSPS) is 12.5. The lowest BCUT2D eigenvalue weighted by atomic mass is 10.2. The predicted molar refractivity (Wildman–Crippen MR) is 95.3 cm³/mol.